The van der Waals surface area contributed by atoms with Crippen molar-refractivity contribution in [2.45, 2.75) is 6.54 Å². The molecule has 0 fully saturated rings. The first-order valence-corrected chi connectivity index (χ1v) is 3.61. The highest BCUT2D eigenvalue weighted by Crippen LogP contribution is 2.04. The zero-order valence-corrected chi connectivity index (χ0v) is 6.46. The van der Waals surface area contributed by atoms with E-state index in [1.54, 1.807) is 6.08 Å². The predicted molar refractivity (Wildman–Crippen MR) is 48.7 cm³/mol. The smallest absolute Gasteiger partial charge is 0.0178 e. The van der Waals surface area contributed by atoms with E-state index in [1.165, 1.54) is 0 Å². The van der Waals surface area contributed by atoms with E-state index in [0.29, 0.717) is 6.54 Å². The van der Waals surface area contributed by atoms with Gasteiger partial charge in [0.15, 0.2) is 0 Å². The highest BCUT2D eigenvalue weighted by molar-refractivity contribution is 5.49. The van der Waals surface area contributed by atoms with Gasteiger partial charge in [-0.15, -0.1) is 0 Å². The van der Waals surface area contributed by atoms with Gasteiger partial charge >= 0.3 is 0 Å². The van der Waals surface area contributed by atoms with Gasteiger partial charge in [-0.25, -0.2) is 0 Å². The molecule has 0 atom stereocenters. The Morgan fingerprint density at radius 2 is 1.91 bits per heavy atom. The quantitative estimate of drug-likeness (QED) is 0.678. The van der Waals surface area contributed by atoms with Gasteiger partial charge in [0.2, 0.25) is 0 Å². The van der Waals surface area contributed by atoms with Gasteiger partial charge in [-0.05, 0) is 18.1 Å². The normalized spacial score (nSPS) is 10.7. The lowest BCUT2D eigenvalue weighted by atomic mass is 10.1. The predicted octanol–water partition coefficient (Wildman–Crippen LogP) is 1.99. The number of nitrogens with two attached hydrogens (primary N) is 1. The van der Waals surface area contributed by atoms with Crippen molar-refractivity contribution in [2.75, 3.05) is 0 Å². The lowest BCUT2D eigenvalue weighted by Crippen LogP contribution is -1.94. The molecule has 0 heterocycles. The second-order valence-corrected chi connectivity index (χ2v) is 2.35. The second-order valence-electron chi connectivity index (χ2n) is 2.35. The molecular weight excluding hydrogens is 134 g/mol. The third-order valence-electron chi connectivity index (χ3n) is 1.53. The van der Waals surface area contributed by atoms with Crippen molar-refractivity contribution in [3.8, 4) is 0 Å². The molecule has 0 saturated carbocycles. The van der Waals surface area contributed by atoms with E-state index in [-0.39, 0.29) is 0 Å². The third-order valence-corrected chi connectivity index (χ3v) is 1.53. The largest absolute Gasteiger partial charge is 0.326 e. The molecule has 1 aromatic carbocycles. The van der Waals surface area contributed by atoms with Crippen molar-refractivity contribution in [3.05, 3.63) is 48.4 Å². The third kappa shape index (κ3) is 2.20. The van der Waals surface area contributed by atoms with Crippen LogP contribution in [-0.4, -0.2) is 0 Å². The van der Waals surface area contributed by atoms with Crippen LogP contribution < -0.4 is 5.73 Å². The zero-order valence-electron chi connectivity index (χ0n) is 6.46. The number of hydrogen-bond donors (Lipinski definition) is 1. The van der Waals surface area contributed by atoms with Gasteiger partial charge in [0.25, 0.3) is 0 Å². The van der Waals surface area contributed by atoms with Crippen LogP contribution >= 0.6 is 0 Å². The van der Waals surface area contributed by atoms with Crippen LogP contribution in [0.25, 0.3) is 6.08 Å². The minimum atomic E-state index is 0.606. The summed E-state index contributed by atoms with van der Waals surface area (Å²) < 4.78 is 0. The average Bonchev–Trinajstić information content (AvgIpc) is 2.07. The lowest BCUT2D eigenvalue weighted by molar-refractivity contribution is 1.07. The number of benzene rings is 1. The van der Waals surface area contributed by atoms with Gasteiger partial charge in [0.1, 0.15) is 0 Å². The number of allylic oxidation sites excluding steroid dienone is 1. The molecule has 0 spiro atoms. The summed E-state index contributed by atoms with van der Waals surface area (Å²) in [6.07, 6.45) is 3.73. The fraction of sp³-hybridized carbons (Fsp3) is 0.100. The highest BCUT2D eigenvalue weighted by Gasteiger charge is 1.87. The minimum absolute atomic E-state index is 0.606. The molecule has 0 bridgehead atoms. The second kappa shape index (κ2) is 3.94. The molecular formula is C10H12N. The molecule has 0 aliphatic carbocycles. The van der Waals surface area contributed by atoms with E-state index in [1.807, 2.05) is 30.3 Å². The fourth-order valence-corrected chi connectivity index (χ4v) is 0.901. The molecule has 0 aliphatic heterocycles. The Hall–Kier alpha value is -1.08. The van der Waals surface area contributed by atoms with Crippen LogP contribution in [0.1, 0.15) is 11.1 Å². The molecule has 11 heavy (non-hydrogen) atoms. The Morgan fingerprint density at radius 3 is 2.36 bits per heavy atom. The average molecular weight is 146 g/mol. The Morgan fingerprint density at radius 1 is 1.27 bits per heavy atom. The summed E-state index contributed by atoms with van der Waals surface area (Å²) in [5.74, 6) is 0. The van der Waals surface area contributed by atoms with E-state index in [9.17, 15) is 0 Å². The van der Waals surface area contributed by atoms with Crippen molar-refractivity contribution in [2.24, 2.45) is 5.73 Å². The van der Waals surface area contributed by atoms with Crippen molar-refractivity contribution >= 4 is 6.08 Å². The summed E-state index contributed by atoms with van der Waals surface area (Å²) in [5, 5.41) is 0. The van der Waals surface area contributed by atoms with E-state index in [0.717, 1.165) is 11.1 Å². The SMILES string of the molecule is [CH2]C=Cc1ccc(CN)cc1. The van der Waals surface area contributed by atoms with Crippen LogP contribution in [0.15, 0.2) is 30.3 Å². The summed E-state index contributed by atoms with van der Waals surface area (Å²) in [6, 6.07) is 8.11. The lowest BCUT2D eigenvalue weighted by Gasteiger charge is -1.96. The maximum Gasteiger partial charge on any atom is 0.0178 e. The van der Waals surface area contributed by atoms with Crippen LogP contribution in [-0.2, 0) is 6.54 Å². The Kier molecular flexibility index (Phi) is 2.87. The first-order chi connectivity index (χ1) is 5.36. The maximum atomic E-state index is 5.44. The first-order valence-electron chi connectivity index (χ1n) is 3.61. The molecule has 0 aromatic heterocycles. The monoisotopic (exact) mass is 146 g/mol. The standard InChI is InChI=1S/C10H12N/c1-2-3-9-4-6-10(8-11)7-5-9/h2-7H,1,8,11H2. The van der Waals surface area contributed by atoms with Crippen LogP contribution in [0, 0.1) is 6.92 Å². The molecule has 1 nitrogen and oxygen atoms in total. The van der Waals surface area contributed by atoms with Gasteiger partial charge < -0.3 is 5.73 Å². The van der Waals surface area contributed by atoms with E-state index in [2.05, 4.69) is 6.92 Å². The van der Waals surface area contributed by atoms with Crippen LogP contribution in [0.3, 0.4) is 0 Å². The summed E-state index contributed by atoms with van der Waals surface area (Å²) in [5.41, 5.74) is 7.77. The van der Waals surface area contributed by atoms with E-state index < -0.39 is 0 Å². The van der Waals surface area contributed by atoms with Gasteiger partial charge in [-0.3, -0.25) is 0 Å². The van der Waals surface area contributed by atoms with Gasteiger partial charge in [-0.2, -0.15) is 0 Å². The van der Waals surface area contributed by atoms with Gasteiger partial charge in [-0.1, -0.05) is 36.4 Å². The van der Waals surface area contributed by atoms with Gasteiger partial charge in [0.05, 0.1) is 0 Å². The fourth-order valence-electron chi connectivity index (χ4n) is 0.901. The molecule has 1 aromatic rings. The molecule has 1 heteroatoms. The molecule has 57 valence electrons. The van der Waals surface area contributed by atoms with Crippen LogP contribution in [0.5, 0.6) is 0 Å². The topological polar surface area (TPSA) is 26.0 Å². The zero-order chi connectivity index (χ0) is 8.10. The van der Waals surface area contributed by atoms with Crippen molar-refractivity contribution in [1.29, 1.82) is 0 Å². The van der Waals surface area contributed by atoms with Crippen LogP contribution in [0.4, 0.5) is 0 Å². The molecule has 1 rings (SSSR count). The van der Waals surface area contributed by atoms with Crippen LogP contribution in [0.2, 0.25) is 0 Å². The van der Waals surface area contributed by atoms with E-state index in [4.69, 9.17) is 5.73 Å². The van der Waals surface area contributed by atoms with Crippen molar-refractivity contribution < 1.29 is 0 Å². The van der Waals surface area contributed by atoms with E-state index >= 15 is 0 Å². The van der Waals surface area contributed by atoms with Crippen molar-refractivity contribution in [3.63, 3.8) is 0 Å². The summed E-state index contributed by atoms with van der Waals surface area (Å²) in [6.45, 7) is 4.22. The highest BCUT2D eigenvalue weighted by atomic mass is 14.5. The molecule has 0 unspecified atom stereocenters. The molecule has 0 saturated heterocycles. The summed E-state index contributed by atoms with van der Waals surface area (Å²) in [4.78, 5) is 0. The minimum Gasteiger partial charge on any atom is -0.326 e. The Balaban J connectivity index is 2.82. The maximum absolute atomic E-state index is 5.44. The Bertz CT molecular complexity index is 234. The molecule has 2 N–H and O–H groups in total. The summed E-state index contributed by atoms with van der Waals surface area (Å²) in [7, 11) is 0. The van der Waals surface area contributed by atoms with Gasteiger partial charge in [0, 0.05) is 6.54 Å². The summed E-state index contributed by atoms with van der Waals surface area (Å²) >= 11 is 0. The molecule has 0 aliphatic rings. The molecule has 0 amide bonds. The number of rotatable bonds is 2. The Labute approximate surface area is 67.5 Å². The number of hydrogen-bond acceptors (Lipinski definition) is 1. The first kappa shape index (κ1) is 8.02. The van der Waals surface area contributed by atoms with Crippen molar-refractivity contribution in [1.82, 2.24) is 0 Å². The molecule has 1 radical (unpaired) electrons.